The zero-order valence-corrected chi connectivity index (χ0v) is 15.6. The number of nitrogens with one attached hydrogen (secondary N) is 1. The molecule has 0 aromatic rings. The minimum atomic E-state index is -0.200. The van der Waals surface area contributed by atoms with Crippen molar-refractivity contribution in [2.45, 2.75) is 51.1 Å². The molecule has 6 heteroatoms. The van der Waals surface area contributed by atoms with Crippen LogP contribution in [0.1, 0.15) is 39.0 Å². The van der Waals surface area contributed by atoms with E-state index in [0.29, 0.717) is 17.6 Å². The minimum Gasteiger partial charge on any atom is -0.403 e. The Morgan fingerprint density at radius 2 is 1.95 bits per heavy atom. The van der Waals surface area contributed by atoms with E-state index < -0.39 is 0 Å². The largest absolute Gasteiger partial charge is 0.403 e. The molecule has 111 valence electrons. The maximum Gasteiger partial charge on any atom is 0.249 e. The molecule has 1 atom stereocenters. The van der Waals surface area contributed by atoms with Crippen LogP contribution < -0.4 is 5.73 Å². The third kappa shape index (κ3) is 3.25. The average Bonchev–Trinajstić information content (AvgIpc) is 2.87. The molecule has 3 N–H and O–H groups in total. The third-order valence-electron chi connectivity index (χ3n) is 4.08. The van der Waals surface area contributed by atoms with Crippen molar-refractivity contribution < 1.29 is 37.5 Å². The van der Waals surface area contributed by atoms with Crippen molar-refractivity contribution in [3.05, 3.63) is 19.3 Å². The fourth-order valence-electron chi connectivity index (χ4n) is 3.09. The van der Waals surface area contributed by atoms with Crippen molar-refractivity contribution in [2.75, 3.05) is 7.05 Å². The van der Waals surface area contributed by atoms with E-state index in [1.807, 2.05) is 11.8 Å². The summed E-state index contributed by atoms with van der Waals surface area (Å²) in [5.41, 5.74) is 6.10. The van der Waals surface area contributed by atoms with E-state index in [-0.39, 0.29) is 52.1 Å². The molecule has 1 radical (unpaired) electrons. The SMILES string of the molecule is CCC1C(=O)N(C)/C(=C/N)C(=N)N1C1CCCC1.[CH3-].[Y]. The molecule has 2 fully saturated rings. The maximum atomic E-state index is 12.3. The normalized spacial score (nSPS) is 25.7. The Morgan fingerprint density at radius 1 is 1.40 bits per heavy atom. The summed E-state index contributed by atoms with van der Waals surface area (Å²) in [7, 11) is 1.70. The quantitative estimate of drug-likeness (QED) is 0.742. The van der Waals surface area contributed by atoms with E-state index in [1.165, 1.54) is 23.9 Å². The summed E-state index contributed by atoms with van der Waals surface area (Å²) in [6.07, 6.45) is 6.64. The van der Waals surface area contributed by atoms with Crippen LogP contribution in [0, 0.1) is 12.8 Å². The molecule has 5 nitrogen and oxygen atoms in total. The number of amides is 1. The Hall–Kier alpha value is -0.416. The standard InChI is InChI=1S/C13H22N4O.CH3.Y/c1-3-10-13(18)16(2)11(8-14)12(15)17(10)9-6-4-5-7-9;;/h8-10,15H,3-7,14H2,1-2H3;1H3;/q;-1;/b11-8+,15-12?;;. The van der Waals surface area contributed by atoms with Gasteiger partial charge in [-0.15, -0.1) is 0 Å². The van der Waals surface area contributed by atoms with Gasteiger partial charge in [0, 0.05) is 52.0 Å². The minimum absolute atomic E-state index is 0. The summed E-state index contributed by atoms with van der Waals surface area (Å²) >= 11 is 0. The maximum absolute atomic E-state index is 12.3. The van der Waals surface area contributed by atoms with Gasteiger partial charge in [0.1, 0.15) is 17.6 Å². The number of hydrogen-bond donors (Lipinski definition) is 2. The molecule has 1 saturated heterocycles. The molecule has 0 spiro atoms. The van der Waals surface area contributed by atoms with E-state index in [2.05, 4.69) is 0 Å². The Bertz CT molecular complexity index is 391. The van der Waals surface area contributed by atoms with E-state index in [1.54, 1.807) is 7.05 Å². The van der Waals surface area contributed by atoms with Crippen molar-refractivity contribution in [3.8, 4) is 0 Å². The molecular formula is C14H25N4OY-. The van der Waals surface area contributed by atoms with Crippen LogP contribution in [0.3, 0.4) is 0 Å². The Morgan fingerprint density at radius 3 is 2.40 bits per heavy atom. The van der Waals surface area contributed by atoms with Crippen molar-refractivity contribution in [2.24, 2.45) is 5.73 Å². The van der Waals surface area contributed by atoms with Crippen LogP contribution in [0.5, 0.6) is 0 Å². The fraction of sp³-hybridized carbons (Fsp3) is 0.643. The monoisotopic (exact) mass is 354 g/mol. The average molecular weight is 354 g/mol. The number of piperazine rings is 1. The molecule has 0 bridgehead atoms. The number of nitrogens with zero attached hydrogens (tertiary/aromatic N) is 2. The molecule has 2 aliphatic rings. The number of hydrogen-bond acceptors (Lipinski definition) is 3. The summed E-state index contributed by atoms with van der Waals surface area (Å²) in [5, 5.41) is 8.31. The van der Waals surface area contributed by atoms with Crippen molar-refractivity contribution >= 4 is 11.7 Å². The van der Waals surface area contributed by atoms with Gasteiger partial charge in [-0.1, -0.05) is 19.8 Å². The molecule has 1 aliphatic carbocycles. The second-order valence-electron chi connectivity index (χ2n) is 5.07. The van der Waals surface area contributed by atoms with Crippen LogP contribution in [-0.2, 0) is 37.5 Å². The molecule has 1 amide bonds. The van der Waals surface area contributed by atoms with Crippen molar-refractivity contribution in [3.63, 3.8) is 0 Å². The molecule has 1 aliphatic heterocycles. The van der Waals surface area contributed by atoms with Crippen LogP contribution >= 0.6 is 0 Å². The van der Waals surface area contributed by atoms with Gasteiger partial charge in [-0.05, 0) is 19.3 Å². The summed E-state index contributed by atoms with van der Waals surface area (Å²) in [4.78, 5) is 15.8. The third-order valence-corrected chi connectivity index (χ3v) is 4.08. The first kappa shape index (κ1) is 19.6. The summed E-state index contributed by atoms with van der Waals surface area (Å²) in [6, 6.07) is 0.129. The zero-order valence-electron chi connectivity index (χ0n) is 12.7. The zero-order chi connectivity index (χ0) is 13.3. The van der Waals surface area contributed by atoms with E-state index >= 15 is 0 Å². The molecule has 1 heterocycles. The molecule has 0 aromatic carbocycles. The predicted molar refractivity (Wildman–Crippen MR) is 77.4 cm³/mol. The van der Waals surface area contributed by atoms with Gasteiger partial charge in [0.05, 0.1) is 0 Å². The second kappa shape index (κ2) is 8.13. The molecule has 20 heavy (non-hydrogen) atoms. The first-order valence-electron chi connectivity index (χ1n) is 6.68. The Kier molecular flexibility index (Phi) is 7.96. The first-order chi connectivity index (χ1) is 8.61. The predicted octanol–water partition coefficient (Wildman–Crippen LogP) is 1.71. The van der Waals surface area contributed by atoms with E-state index in [4.69, 9.17) is 11.1 Å². The molecular weight excluding hydrogens is 329 g/mol. The van der Waals surface area contributed by atoms with Gasteiger partial charge in [0.25, 0.3) is 0 Å². The van der Waals surface area contributed by atoms with Crippen LogP contribution in [0.4, 0.5) is 0 Å². The number of carbonyl (C=O) groups is 1. The number of likely N-dealkylation sites (N-methyl/N-ethyl adjacent to an activating group) is 1. The Labute approximate surface area is 147 Å². The molecule has 1 unspecified atom stereocenters. The molecule has 0 aromatic heterocycles. The topological polar surface area (TPSA) is 73.4 Å². The molecule has 1 saturated carbocycles. The van der Waals surface area contributed by atoms with Crippen LogP contribution in [-0.4, -0.2) is 40.7 Å². The van der Waals surface area contributed by atoms with Gasteiger partial charge < -0.3 is 23.0 Å². The summed E-state index contributed by atoms with van der Waals surface area (Å²) < 4.78 is 0. The van der Waals surface area contributed by atoms with E-state index in [0.717, 1.165) is 19.3 Å². The summed E-state index contributed by atoms with van der Waals surface area (Å²) in [6.45, 7) is 2.00. The van der Waals surface area contributed by atoms with Gasteiger partial charge in [0.2, 0.25) is 5.91 Å². The number of rotatable bonds is 2. The van der Waals surface area contributed by atoms with Gasteiger partial charge in [0.15, 0.2) is 0 Å². The second-order valence-corrected chi connectivity index (χ2v) is 5.07. The van der Waals surface area contributed by atoms with Crippen LogP contribution in [0.15, 0.2) is 11.9 Å². The van der Waals surface area contributed by atoms with Gasteiger partial charge >= 0.3 is 0 Å². The van der Waals surface area contributed by atoms with Gasteiger partial charge in [-0.25, -0.2) is 0 Å². The number of carbonyl (C=O) groups excluding carboxylic acids is 1. The van der Waals surface area contributed by atoms with Crippen LogP contribution in [0.25, 0.3) is 0 Å². The Balaban J connectivity index is 0.00000180. The van der Waals surface area contributed by atoms with Crippen LogP contribution in [0.2, 0.25) is 0 Å². The smallest absolute Gasteiger partial charge is 0.249 e. The van der Waals surface area contributed by atoms with Crippen molar-refractivity contribution in [1.82, 2.24) is 9.80 Å². The van der Waals surface area contributed by atoms with Gasteiger partial charge in [-0.3, -0.25) is 10.2 Å². The van der Waals surface area contributed by atoms with Gasteiger partial charge in [-0.2, -0.15) is 0 Å². The first-order valence-corrected chi connectivity index (χ1v) is 6.68. The van der Waals surface area contributed by atoms with Crippen molar-refractivity contribution in [1.29, 1.82) is 5.41 Å². The fourth-order valence-corrected chi connectivity index (χ4v) is 3.09. The number of nitrogens with two attached hydrogens (primary N) is 1. The van der Waals surface area contributed by atoms with E-state index in [9.17, 15) is 4.79 Å². The summed E-state index contributed by atoms with van der Waals surface area (Å²) in [5.74, 6) is 0.454. The molecule has 2 rings (SSSR count). The number of amidine groups is 1.